The van der Waals surface area contributed by atoms with Crippen LogP contribution in [0.15, 0.2) is 73.5 Å². The van der Waals surface area contributed by atoms with E-state index in [2.05, 4.69) is 13.5 Å². The SMILES string of the molecule is C=COCCCCCCCCCCCOc1ccc(OC(=O)c2ccc(-c3cc([N+](=O)[O-])c(OCCCCCCCC)cc3N)cc2)cc1. The number of ether oxygens (including phenoxy) is 4. The number of benzene rings is 3. The third-order valence-electron chi connectivity index (χ3n) is 8.34. The smallest absolute Gasteiger partial charge is 0.343 e. The fourth-order valence-corrected chi connectivity index (χ4v) is 5.51. The standard InChI is InChI=1S/C40H54N2O7/c1-3-5-6-7-14-18-29-48-39-31-37(41)36(30-38(39)42(44)45)32-19-21-33(22-20-32)40(43)49-35-25-23-34(24-26-35)47-28-17-15-12-10-8-9-11-13-16-27-46-4-2/h4,19-26,30-31H,2-3,5-18,27-29,41H2,1H3. The number of hydrogen-bond donors (Lipinski definition) is 1. The van der Waals surface area contributed by atoms with Gasteiger partial charge in [-0.05, 0) is 61.2 Å². The number of nitro groups is 1. The zero-order valence-electron chi connectivity index (χ0n) is 29.2. The summed E-state index contributed by atoms with van der Waals surface area (Å²) in [6.45, 7) is 7.54. The van der Waals surface area contributed by atoms with Crippen LogP contribution in [-0.2, 0) is 4.74 Å². The Hall–Kier alpha value is -4.53. The largest absolute Gasteiger partial charge is 0.502 e. The quantitative estimate of drug-likeness (QED) is 0.0170. The van der Waals surface area contributed by atoms with Crippen LogP contribution in [0.5, 0.6) is 17.2 Å². The van der Waals surface area contributed by atoms with Crippen molar-refractivity contribution in [2.45, 2.75) is 103 Å². The van der Waals surface area contributed by atoms with Crippen LogP contribution in [0.3, 0.4) is 0 Å². The third-order valence-corrected chi connectivity index (χ3v) is 8.34. The lowest BCUT2D eigenvalue weighted by atomic mass is 10.0. The molecule has 0 saturated carbocycles. The van der Waals surface area contributed by atoms with Crippen LogP contribution in [0.2, 0.25) is 0 Å². The normalized spacial score (nSPS) is 10.8. The highest BCUT2D eigenvalue weighted by atomic mass is 16.6. The number of nitrogens with two attached hydrogens (primary N) is 1. The van der Waals surface area contributed by atoms with Gasteiger partial charge in [0.1, 0.15) is 11.5 Å². The molecule has 0 atom stereocenters. The highest BCUT2D eigenvalue weighted by Gasteiger charge is 2.20. The maximum atomic E-state index is 12.8. The van der Waals surface area contributed by atoms with Crippen LogP contribution in [0.4, 0.5) is 11.4 Å². The van der Waals surface area contributed by atoms with Crippen molar-refractivity contribution in [2.24, 2.45) is 0 Å². The lowest BCUT2D eigenvalue weighted by molar-refractivity contribution is -0.385. The summed E-state index contributed by atoms with van der Waals surface area (Å²) in [7, 11) is 0. The Morgan fingerprint density at radius 3 is 1.84 bits per heavy atom. The first-order valence-electron chi connectivity index (χ1n) is 17.9. The average Bonchev–Trinajstić information content (AvgIpc) is 3.10. The number of carbonyl (C=O) groups is 1. The van der Waals surface area contributed by atoms with Gasteiger partial charge in [0.05, 0.1) is 36.6 Å². The summed E-state index contributed by atoms with van der Waals surface area (Å²) < 4.78 is 22.3. The maximum absolute atomic E-state index is 12.8. The molecule has 0 saturated heterocycles. The summed E-state index contributed by atoms with van der Waals surface area (Å²) in [4.78, 5) is 24.2. The van der Waals surface area contributed by atoms with Gasteiger partial charge in [-0.3, -0.25) is 10.1 Å². The van der Waals surface area contributed by atoms with Crippen LogP contribution in [0, 0.1) is 10.1 Å². The monoisotopic (exact) mass is 674 g/mol. The van der Waals surface area contributed by atoms with E-state index >= 15 is 0 Å². The van der Waals surface area contributed by atoms with E-state index in [1.807, 2.05) is 0 Å². The van der Waals surface area contributed by atoms with Crippen molar-refractivity contribution in [1.29, 1.82) is 0 Å². The second kappa shape index (κ2) is 22.9. The van der Waals surface area contributed by atoms with Crippen molar-refractivity contribution in [2.75, 3.05) is 25.6 Å². The van der Waals surface area contributed by atoms with Crippen molar-refractivity contribution in [1.82, 2.24) is 0 Å². The molecule has 0 aliphatic rings. The van der Waals surface area contributed by atoms with Gasteiger partial charge in [-0.15, -0.1) is 0 Å². The molecule has 0 unspecified atom stereocenters. The van der Waals surface area contributed by atoms with Gasteiger partial charge in [0.2, 0.25) is 0 Å². The molecule has 3 aromatic carbocycles. The first-order valence-corrected chi connectivity index (χ1v) is 17.9. The van der Waals surface area contributed by atoms with E-state index in [-0.39, 0.29) is 11.4 Å². The number of rotatable bonds is 26. The molecule has 9 heteroatoms. The Kier molecular flexibility index (Phi) is 18.2. The summed E-state index contributed by atoms with van der Waals surface area (Å²) in [5.41, 5.74) is 7.98. The van der Waals surface area contributed by atoms with E-state index in [0.29, 0.717) is 41.3 Å². The first-order chi connectivity index (χ1) is 23.9. The van der Waals surface area contributed by atoms with E-state index < -0.39 is 10.9 Å². The van der Waals surface area contributed by atoms with Crippen LogP contribution in [0.1, 0.15) is 114 Å². The van der Waals surface area contributed by atoms with Crippen molar-refractivity contribution in [3.8, 4) is 28.4 Å². The second-order valence-electron chi connectivity index (χ2n) is 12.3. The highest BCUT2D eigenvalue weighted by molar-refractivity contribution is 5.92. The number of nitro benzene ring substituents is 1. The van der Waals surface area contributed by atoms with Crippen molar-refractivity contribution >= 4 is 17.3 Å². The zero-order valence-corrected chi connectivity index (χ0v) is 29.2. The Labute approximate surface area is 291 Å². The van der Waals surface area contributed by atoms with E-state index in [0.717, 1.165) is 50.9 Å². The second-order valence-corrected chi connectivity index (χ2v) is 12.3. The number of hydrogen-bond acceptors (Lipinski definition) is 8. The molecule has 0 amide bonds. The minimum absolute atomic E-state index is 0.144. The number of anilines is 1. The molecule has 3 aromatic rings. The van der Waals surface area contributed by atoms with Gasteiger partial charge < -0.3 is 24.7 Å². The van der Waals surface area contributed by atoms with E-state index in [9.17, 15) is 14.9 Å². The molecule has 0 spiro atoms. The molecule has 266 valence electrons. The summed E-state index contributed by atoms with van der Waals surface area (Å²) in [5.74, 6) is 0.788. The molecule has 0 aliphatic carbocycles. The minimum atomic E-state index is -0.515. The fraction of sp³-hybridized carbons (Fsp3) is 0.475. The van der Waals surface area contributed by atoms with E-state index in [4.69, 9.17) is 24.7 Å². The predicted octanol–water partition coefficient (Wildman–Crippen LogP) is 10.9. The Morgan fingerprint density at radius 2 is 1.27 bits per heavy atom. The van der Waals surface area contributed by atoms with Crippen molar-refractivity contribution < 1.29 is 28.7 Å². The zero-order chi connectivity index (χ0) is 35.1. The van der Waals surface area contributed by atoms with Crippen molar-refractivity contribution in [3.05, 3.63) is 89.2 Å². The average molecular weight is 675 g/mol. The van der Waals surface area contributed by atoms with Crippen LogP contribution in [0.25, 0.3) is 11.1 Å². The Balaban J connectivity index is 1.40. The summed E-state index contributed by atoms with van der Waals surface area (Å²) in [6.07, 6.45) is 18.8. The van der Waals surface area contributed by atoms with E-state index in [1.165, 1.54) is 76.2 Å². The van der Waals surface area contributed by atoms with Crippen LogP contribution >= 0.6 is 0 Å². The lowest BCUT2D eigenvalue weighted by Crippen LogP contribution is -2.08. The first kappa shape index (κ1) is 38.9. The Morgan fingerprint density at radius 1 is 0.735 bits per heavy atom. The summed E-state index contributed by atoms with van der Waals surface area (Å²) in [5, 5.41) is 11.8. The highest BCUT2D eigenvalue weighted by Crippen LogP contribution is 2.37. The molecule has 2 N–H and O–H groups in total. The molecule has 0 aromatic heterocycles. The summed E-state index contributed by atoms with van der Waals surface area (Å²) >= 11 is 0. The van der Waals surface area contributed by atoms with Gasteiger partial charge in [0.15, 0.2) is 5.75 Å². The molecule has 0 bridgehead atoms. The van der Waals surface area contributed by atoms with Gasteiger partial charge in [-0.1, -0.05) is 103 Å². The molecule has 3 rings (SSSR count). The fourth-order valence-electron chi connectivity index (χ4n) is 5.51. The van der Waals surface area contributed by atoms with Gasteiger partial charge in [-0.2, -0.15) is 0 Å². The maximum Gasteiger partial charge on any atom is 0.343 e. The molecule has 9 nitrogen and oxygen atoms in total. The molecule has 0 fully saturated rings. The van der Waals surface area contributed by atoms with Crippen LogP contribution in [-0.4, -0.2) is 30.7 Å². The topological polar surface area (TPSA) is 123 Å². The predicted molar refractivity (Wildman–Crippen MR) is 196 cm³/mol. The Bertz CT molecular complexity index is 1410. The molecule has 0 aliphatic heterocycles. The van der Waals surface area contributed by atoms with E-state index in [1.54, 1.807) is 48.5 Å². The minimum Gasteiger partial charge on any atom is -0.502 e. The lowest BCUT2D eigenvalue weighted by Gasteiger charge is -2.12. The molecule has 49 heavy (non-hydrogen) atoms. The van der Waals surface area contributed by atoms with Gasteiger partial charge in [0.25, 0.3) is 0 Å². The summed E-state index contributed by atoms with van der Waals surface area (Å²) in [6, 6.07) is 16.6. The van der Waals surface area contributed by atoms with Gasteiger partial charge >= 0.3 is 11.7 Å². The third kappa shape index (κ3) is 14.6. The molecule has 0 heterocycles. The van der Waals surface area contributed by atoms with Crippen LogP contribution < -0.4 is 19.9 Å². The number of unbranched alkanes of at least 4 members (excludes halogenated alkanes) is 13. The molecule has 0 radical (unpaired) electrons. The number of nitrogens with zero attached hydrogens (tertiary/aromatic N) is 1. The number of esters is 1. The number of carbonyl (C=O) groups excluding carboxylic acids is 1. The molecular weight excluding hydrogens is 620 g/mol. The van der Waals surface area contributed by atoms with Gasteiger partial charge in [0, 0.05) is 23.4 Å². The molecular formula is C40H54N2O7. The van der Waals surface area contributed by atoms with Gasteiger partial charge in [-0.25, -0.2) is 4.79 Å². The number of nitrogen functional groups attached to an aromatic ring is 1. The van der Waals surface area contributed by atoms with Crippen molar-refractivity contribution in [3.63, 3.8) is 0 Å².